The molecule has 0 aliphatic carbocycles. The standard InChI is InChI=1S/C12H25N.C12H23N.C11H24N2.2CH4/c2*1-10(2)9-13-7-5-12(6-8-13)11(3)4;1-10(2)9-12-5-7-13(8-6-12)11(3)4;;/h10-12H,5-9H2,1-4H3;5,10-11H,6-9H2,1-4H3;10-11H,5-9H2,1-4H3;2*1H4. The molecule has 2 fully saturated rings. The number of piperazine rings is 1. The average molecular weight is 581 g/mol. The molecular weight excluding hydrogens is 500 g/mol. The van der Waals surface area contributed by atoms with Crippen LogP contribution in [0.5, 0.6) is 0 Å². The van der Waals surface area contributed by atoms with Crippen LogP contribution in [0.25, 0.3) is 0 Å². The molecule has 0 saturated carbocycles. The van der Waals surface area contributed by atoms with E-state index in [-0.39, 0.29) is 14.9 Å². The molecule has 0 bridgehead atoms. The fraction of sp³-hybridized carbons (Fsp3) is 0.946. The van der Waals surface area contributed by atoms with E-state index in [1.165, 1.54) is 91.3 Å². The van der Waals surface area contributed by atoms with Crippen LogP contribution in [0.4, 0.5) is 0 Å². The van der Waals surface area contributed by atoms with Gasteiger partial charge in [-0.15, -0.1) is 0 Å². The topological polar surface area (TPSA) is 13.0 Å². The van der Waals surface area contributed by atoms with Crippen LogP contribution in [0.3, 0.4) is 0 Å². The van der Waals surface area contributed by atoms with Gasteiger partial charge < -0.3 is 9.80 Å². The Kier molecular flexibility index (Phi) is 24.0. The molecule has 0 unspecified atom stereocenters. The molecular formula is C37H80N4. The predicted molar refractivity (Wildman–Crippen MR) is 189 cm³/mol. The molecule has 41 heavy (non-hydrogen) atoms. The molecule has 0 amide bonds. The van der Waals surface area contributed by atoms with Gasteiger partial charge in [0, 0.05) is 64.9 Å². The van der Waals surface area contributed by atoms with Crippen molar-refractivity contribution in [1.82, 2.24) is 19.6 Å². The Hall–Kier alpha value is -0.420. The maximum atomic E-state index is 2.63. The molecule has 0 spiro atoms. The summed E-state index contributed by atoms with van der Waals surface area (Å²) < 4.78 is 0. The van der Waals surface area contributed by atoms with Crippen molar-refractivity contribution in [2.24, 2.45) is 35.5 Å². The van der Waals surface area contributed by atoms with Crippen LogP contribution in [0.2, 0.25) is 0 Å². The smallest absolute Gasteiger partial charge is 0.0166 e. The first-order chi connectivity index (χ1) is 18.3. The molecule has 2 saturated heterocycles. The van der Waals surface area contributed by atoms with Gasteiger partial charge in [-0.2, -0.15) is 0 Å². The van der Waals surface area contributed by atoms with Crippen molar-refractivity contribution < 1.29 is 0 Å². The van der Waals surface area contributed by atoms with Crippen LogP contribution >= 0.6 is 0 Å². The molecule has 0 aromatic carbocycles. The van der Waals surface area contributed by atoms with E-state index in [0.29, 0.717) is 0 Å². The van der Waals surface area contributed by atoms with Crippen molar-refractivity contribution in [2.75, 3.05) is 72.0 Å². The Labute approximate surface area is 261 Å². The van der Waals surface area contributed by atoms with Crippen LogP contribution in [0.1, 0.15) is 117 Å². The first-order valence-corrected chi connectivity index (χ1v) is 16.9. The zero-order valence-electron chi connectivity index (χ0n) is 28.8. The molecule has 248 valence electrons. The van der Waals surface area contributed by atoms with Crippen molar-refractivity contribution in [3.8, 4) is 0 Å². The lowest BCUT2D eigenvalue weighted by atomic mass is 9.86. The van der Waals surface area contributed by atoms with E-state index in [0.717, 1.165) is 41.5 Å². The molecule has 3 aliphatic rings. The first kappa shape index (κ1) is 42.7. The van der Waals surface area contributed by atoms with Gasteiger partial charge in [-0.05, 0) is 81.7 Å². The van der Waals surface area contributed by atoms with Gasteiger partial charge >= 0.3 is 0 Å². The van der Waals surface area contributed by atoms with E-state index in [1.807, 2.05) is 0 Å². The molecule has 4 nitrogen and oxygen atoms in total. The fourth-order valence-corrected chi connectivity index (χ4v) is 6.23. The second-order valence-electron chi connectivity index (χ2n) is 14.9. The average Bonchev–Trinajstić information content (AvgIpc) is 2.85. The highest BCUT2D eigenvalue weighted by molar-refractivity contribution is 5.09. The summed E-state index contributed by atoms with van der Waals surface area (Å²) in [6, 6.07) is 0.723. The molecule has 3 aliphatic heterocycles. The molecule has 0 aromatic rings. The van der Waals surface area contributed by atoms with Gasteiger partial charge in [-0.3, -0.25) is 9.80 Å². The highest BCUT2D eigenvalue weighted by Crippen LogP contribution is 2.24. The second kappa shape index (κ2) is 23.0. The summed E-state index contributed by atoms with van der Waals surface area (Å²) in [5.74, 6) is 5.07. The van der Waals surface area contributed by atoms with Crippen molar-refractivity contribution in [1.29, 1.82) is 0 Å². The Morgan fingerprint density at radius 2 is 1.02 bits per heavy atom. The third-order valence-electron chi connectivity index (χ3n) is 8.65. The van der Waals surface area contributed by atoms with Crippen molar-refractivity contribution in [2.45, 2.75) is 123 Å². The lowest BCUT2D eigenvalue weighted by Crippen LogP contribution is -2.49. The Balaban J connectivity index is 0. The van der Waals surface area contributed by atoms with Gasteiger partial charge in [0.1, 0.15) is 0 Å². The minimum absolute atomic E-state index is 0. The van der Waals surface area contributed by atoms with Gasteiger partial charge in [0.25, 0.3) is 0 Å². The molecule has 4 heteroatoms. The van der Waals surface area contributed by atoms with Gasteiger partial charge in [0.15, 0.2) is 0 Å². The first-order valence-electron chi connectivity index (χ1n) is 16.9. The van der Waals surface area contributed by atoms with Crippen LogP contribution in [-0.2, 0) is 0 Å². The van der Waals surface area contributed by atoms with Crippen LogP contribution in [0, 0.1) is 35.5 Å². The zero-order valence-corrected chi connectivity index (χ0v) is 28.8. The van der Waals surface area contributed by atoms with E-state index < -0.39 is 0 Å². The number of hydrogen-bond donors (Lipinski definition) is 0. The van der Waals surface area contributed by atoms with Gasteiger partial charge in [0.2, 0.25) is 0 Å². The largest absolute Gasteiger partial charge is 0.303 e. The van der Waals surface area contributed by atoms with E-state index in [2.05, 4.69) is 109 Å². The van der Waals surface area contributed by atoms with Crippen molar-refractivity contribution in [3.63, 3.8) is 0 Å². The maximum absolute atomic E-state index is 2.63. The van der Waals surface area contributed by atoms with E-state index >= 15 is 0 Å². The fourth-order valence-electron chi connectivity index (χ4n) is 6.23. The SMILES string of the molecule is C.C.CC(C)CN1CC=C(C(C)C)CC1.CC(C)CN1CCC(C(C)C)CC1.CC(C)CN1CCN(C(C)C)CC1. The summed E-state index contributed by atoms with van der Waals surface area (Å²) in [5.41, 5.74) is 1.65. The number of likely N-dealkylation sites (tertiary alicyclic amines) is 1. The summed E-state index contributed by atoms with van der Waals surface area (Å²) in [6.07, 6.45) is 6.55. The van der Waals surface area contributed by atoms with Crippen LogP contribution in [-0.4, -0.2) is 97.6 Å². The highest BCUT2D eigenvalue weighted by atomic mass is 15.3. The quantitative estimate of drug-likeness (QED) is 0.252. The zero-order chi connectivity index (χ0) is 29.5. The van der Waals surface area contributed by atoms with Crippen molar-refractivity contribution >= 4 is 0 Å². The van der Waals surface area contributed by atoms with Crippen LogP contribution < -0.4 is 0 Å². The van der Waals surface area contributed by atoms with Crippen molar-refractivity contribution in [3.05, 3.63) is 11.6 Å². The monoisotopic (exact) mass is 581 g/mol. The summed E-state index contributed by atoms with van der Waals surface area (Å²) in [6.45, 7) is 41.7. The Morgan fingerprint density at radius 3 is 1.37 bits per heavy atom. The molecule has 0 N–H and O–H groups in total. The third kappa shape index (κ3) is 19.5. The lowest BCUT2D eigenvalue weighted by molar-refractivity contribution is 0.100. The maximum Gasteiger partial charge on any atom is 0.0166 e. The third-order valence-corrected chi connectivity index (χ3v) is 8.65. The predicted octanol–water partition coefficient (Wildman–Crippen LogP) is 8.88. The minimum Gasteiger partial charge on any atom is -0.303 e. The van der Waals surface area contributed by atoms with Gasteiger partial charge in [0.05, 0.1) is 0 Å². The number of nitrogens with zero attached hydrogens (tertiary/aromatic N) is 4. The molecule has 3 heterocycles. The van der Waals surface area contributed by atoms with Crippen LogP contribution in [0.15, 0.2) is 11.6 Å². The second-order valence-corrected chi connectivity index (χ2v) is 14.9. The Morgan fingerprint density at radius 1 is 0.585 bits per heavy atom. The van der Waals surface area contributed by atoms with Gasteiger partial charge in [-0.1, -0.05) is 95.7 Å². The minimum atomic E-state index is 0. The molecule has 0 atom stereocenters. The van der Waals surface area contributed by atoms with E-state index in [9.17, 15) is 0 Å². The number of rotatable bonds is 9. The number of hydrogen-bond acceptors (Lipinski definition) is 4. The summed E-state index contributed by atoms with van der Waals surface area (Å²) in [5, 5.41) is 0. The number of piperidine rings is 1. The molecule has 0 aromatic heterocycles. The summed E-state index contributed by atoms with van der Waals surface area (Å²) in [4.78, 5) is 10.3. The highest BCUT2D eigenvalue weighted by Gasteiger charge is 2.21. The summed E-state index contributed by atoms with van der Waals surface area (Å²) in [7, 11) is 0. The normalized spacial score (nSPS) is 20.0. The van der Waals surface area contributed by atoms with E-state index in [1.54, 1.807) is 5.57 Å². The van der Waals surface area contributed by atoms with E-state index in [4.69, 9.17) is 0 Å². The Bertz CT molecular complexity index is 587. The van der Waals surface area contributed by atoms with Gasteiger partial charge in [-0.25, -0.2) is 0 Å². The molecule has 3 rings (SSSR count). The molecule has 0 radical (unpaired) electrons. The lowest BCUT2D eigenvalue weighted by Gasteiger charge is -2.37. The summed E-state index contributed by atoms with van der Waals surface area (Å²) >= 11 is 0.